The standard InChI is InChI=1S/C31H33F4N5O3/c1-39(14-15-40-16-18-43-19-17-40)29(30(42)37-23-11-12-24(25(32)20-23)31(33,34)35)22-9-6-21(7-10-22)8-13-28(41)38-27-5-3-2-4-26(27)36/h2-13,20,29H,14-19,36H2,1H3,(H,37,42)(H,38,41)/b13-8+. The molecule has 0 saturated carbocycles. The van der Waals surface area contributed by atoms with E-state index in [9.17, 15) is 27.2 Å². The van der Waals surface area contributed by atoms with Crippen LogP contribution in [0.15, 0.2) is 72.8 Å². The average molecular weight is 600 g/mol. The van der Waals surface area contributed by atoms with E-state index in [1.54, 1.807) is 61.7 Å². The van der Waals surface area contributed by atoms with Crippen LogP contribution >= 0.6 is 0 Å². The molecule has 3 aromatic rings. The Kier molecular flexibility index (Phi) is 10.5. The summed E-state index contributed by atoms with van der Waals surface area (Å²) < 4.78 is 58.6. The lowest BCUT2D eigenvalue weighted by Crippen LogP contribution is -2.43. The maximum Gasteiger partial charge on any atom is 0.419 e. The Morgan fingerprint density at radius 1 is 1.05 bits per heavy atom. The number of para-hydroxylation sites is 2. The number of nitrogens with two attached hydrogens (primary N) is 1. The van der Waals surface area contributed by atoms with Crippen LogP contribution in [0.1, 0.15) is 22.7 Å². The minimum atomic E-state index is -4.85. The molecular formula is C31H33F4N5O3. The fraction of sp³-hybridized carbons (Fsp3) is 0.290. The van der Waals surface area contributed by atoms with E-state index in [4.69, 9.17) is 10.5 Å². The average Bonchev–Trinajstić information content (AvgIpc) is 2.97. The van der Waals surface area contributed by atoms with E-state index < -0.39 is 29.5 Å². The zero-order chi connectivity index (χ0) is 31.0. The van der Waals surface area contributed by atoms with Crippen LogP contribution in [0.2, 0.25) is 0 Å². The predicted octanol–water partition coefficient (Wildman–Crippen LogP) is 5.02. The Labute approximate surface area is 247 Å². The maximum atomic E-state index is 14.2. The van der Waals surface area contributed by atoms with E-state index in [1.165, 1.54) is 6.08 Å². The first-order valence-corrected chi connectivity index (χ1v) is 13.6. The molecule has 1 fully saturated rings. The van der Waals surface area contributed by atoms with Gasteiger partial charge in [-0.3, -0.25) is 19.4 Å². The summed E-state index contributed by atoms with van der Waals surface area (Å²) in [4.78, 5) is 29.9. The molecule has 1 heterocycles. The van der Waals surface area contributed by atoms with Gasteiger partial charge in [0.05, 0.1) is 30.2 Å². The van der Waals surface area contributed by atoms with Crippen molar-refractivity contribution < 1.29 is 31.9 Å². The molecule has 0 aromatic heterocycles. The van der Waals surface area contributed by atoms with Gasteiger partial charge in [0, 0.05) is 37.9 Å². The third kappa shape index (κ3) is 8.87. The van der Waals surface area contributed by atoms with E-state index in [2.05, 4.69) is 15.5 Å². The summed E-state index contributed by atoms with van der Waals surface area (Å²) in [5, 5.41) is 5.27. The van der Waals surface area contributed by atoms with Crippen LogP contribution in [0, 0.1) is 5.82 Å². The maximum absolute atomic E-state index is 14.2. The number of amides is 2. The molecule has 0 radical (unpaired) electrons. The second-order valence-corrected chi connectivity index (χ2v) is 10.1. The van der Waals surface area contributed by atoms with E-state index >= 15 is 0 Å². The number of nitrogen functional groups attached to an aromatic ring is 1. The number of hydrogen-bond acceptors (Lipinski definition) is 6. The lowest BCUT2D eigenvalue weighted by molar-refractivity contribution is -0.140. The smallest absolute Gasteiger partial charge is 0.397 e. The molecule has 0 spiro atoms. The predicted molar refractivity (Wildman–Crippen MR) is 158 cm³/mol. The summed E-state index contributed by atoms with van der Waals surface area (Å²) in [6, 6.07) is 15.3. The summed E-state index contributed by atoms with van der Waals surface area (Å²) in [6.07, 6.45) is -1.87. The number of carbonyl (C=O) groups is 2. The molecule has 4 N–H and O–H groups in total. The molecule has 12 heteroatoms. The number of nitrogens with zero attached hydrogens (tertiary/aromatic N) is 2. The molecule has 228 valence electrons. The van der Waals surface area contributed by atoms with Crippen molar-refractivity contribution in [3.05, 3.63) is 95.3 Å². The number of anilines is 3. The molecule has 0 aliphatic carbocycles. The number of nitrogens with one attached hydrogen (secondary N) is 2. The Morgan fingerprint density at radius 2 is 1.74 bits per heavy atom. The highest BCUT2D eigenvalue weighted by Crippen LogP contribution is 2.33. The monoisotopic (exact) mass is 599 g/mol. The van der Waals surface area contributed by atoms with Crippen molar-refractivity contribution in [1.29, 1.82) is 0 Å². The normalized spacial score (nSPS) is 15.0. The summed E-state index contributed by atoms with van der Waals surface area (Å²) in [5.41, 5.74) is 6.60. The lowest BCUT2D eigenvalue weighted by atomic mass is 10.0. The van der Waals surface area contributed by atoms with Gasteiger partial charge in [0.25, 0.3) is 0 Å². The van der Waals surface area contributed by atoms with Gasteiger partial charge in [-0.2, -0.15) is 13.2 Å². The summed E-state index contributed by atoms with van der Waals surface area (Å²) >= 11 is 0. The molecule has 2 amide bonds. The van der Waals surface area contributed by atoms with Gasteiger partial charge in [-0.05, 0) is 54.6 Å². The summed E-state index contributed by atoms with van der Waals surface area (Å²) in [6.45, 7) is 3.95. The fourth-order valence-corrected chi connectivity index (χ4v) is 4.64. The molecule has 8 nitrogen and oxygen atoms in total. The van der Waals surface area contributed by atoms with Crippen LogP contribution in [-0.2, 0) is 20.5 Å². The van der Waals surface area contributed by atoms with E-state index in [1.807, 2.05) is 4.90 Å². The number of ether oxygens (including phenoxy) is 1. The van der Waals surface area contributed by atoms with Gasteiger partial charge in [0.2, 0.25) is 11.8 Å². The number of alkyl halides is 3. The van der Waals surface area contributed by atoms with Gasteiger partial charge in [-0.15, -0.1) is 0 Å². The van der Waals surface area contributed by atoms with Crippen LogP contribution in [-0.4, -0.2) is 68.1 Å². The Morgan fingerprint density at radius 3 is 2.40 bits per heavy atom. The van der Waals surface area contributed by atoms with Gasteiger partial charge in [-0.1, -0.05) is 36.4 Å². The Bertz CT molecular complexity index is 1440. The Balaban J connectivity index is 1.49. The zero-order valence-corrected chi connectivity index (χ0v) is 23.5. The van der Waals surface area contributed by atoms with Gasteiger partial charge in [-0.25, -0.2) is 4.39 Å². The molecule has 43 heavy (non-hydrogen) atoms. The molecular weight excluding hydrogens is 566 g/mol. The number of hydrogen-bond donors (Lipinski definition) is 3. The van der Waals surface area contributed by atoms with Crippen molar-refractivity contribution in [2.75, 3.05) is 62.8 Å². The third-order valence-electron chi connectivity index (χ3n) is 7.00. The van der Waals surface area contributed by atoms with Gasteiger partial charge in [0.1, 0.15) is 11.9 Å². The quantitative estimate of drug-likeness (QED) is 0.172. The van der Waals surface area contributed by atoms with Crippen LogP contribution in [0.4, 0.5) is 34.6 Å². The summed E-state index contributed by atoms with van der Waals surface area (Å²) in [7, 11) is 1.77. The van der Waals surface area contributed by atoms with E-state index in [-0.39, 0.29) is 11.6 Å². The minimum Gasteiger partial charge on any atom is -0.397 e. The van der Waals surface area contributed by atoms with Crippen LogP contribution in [0.5, 0.6) is 0 Å². The van der Waals surface area contributed by atoms with Crippen LogP contribution < -0.4 is 16.4 Å². The number of benzene rings is 3. The second kappa shape index (κ2) is 14.3. The minimum absolute atomic E-state index is 0.0910. The van der Waals surface area contributed by atoms with Gasteiger partial charge >= 0.3 is 6.18 Å². The van der Waals surface area contributed by atoms with Crippen molar-refractivity contribution in [3.8, 4) is 0 Å². The number of rotatable bonds is 10. The highest BCUT2D eigenvalue weighted by atomic mass is 19.4. The van der Waals surface area contributed by atoms with Crippen LogP contribution in [0.3, 0.4) is 0 Å². The highest BCUT2D eigenvalue weighted by Gasteiger charge is 2.34. The van der Waals surface area contributed by atoms with Crippen molar-refractivity contribution in [2.24, 2.45) is 0 Å². The molecule has 1 saturated heterocycles. The largest absolute Gasteiger partial charge is 0.419 e. The SMILES string of the molecule is CN(CCN1CCOCC1)C(C(=O)Nc1ccc(C(F)(F)F)c(F)c1)c1ccc(/C=C/C(=O)Nc2ccccc2N)cc1. The topological polar surface area (TPSA) is 99.9 Å². The first-order chi connectivity index (χ1) is 20.5. The highest BCUT2D eigenvalue weighted by molar-refractivity contribution is 6.03. The molecule has 1 atom stereocenters. The van der Waals surface area contributed by atoms with E-state index in [0.717, 1.165) is 19.2 Å². The number of carbonyl (C=O) groups excluding carboxylic acids is 2. The number of halogens is 4. The molecule has 1 unspecified atom stereocenters. The summed E-state index contributed by atoms with van der Waals surface area (Å²) in [5.74, 6) is -2.38. The molecule has 1 aliphatic heterocycles. The first-order valence-electron chi connectivity index (χ1n) is 13.6. The second-order valence-electron chi connectivity index (χ2n) is 10.1. The lowest BCUT2D eigenvalue weighted by Gasteiger charge is -2.32. The van der Waals surface area contributed by atoms with Gasteiger partial charge in [0.15, 0.2) is 0 Å². The van der Waals surface area contributed by atoms with Crippen molar-refractivity contribution >= 4 is 35.0 Å². The van der Waals surface area contributed by atoms with E-state index in [0.29, 0.717) is 60.9 Å². The molecule has 1 aliphatic rings. The molecule has 4 rings (SSSR count). The Hall–Kier alpha value is -4.26. The van der Waals surface area contributed by atoms with Crippen LogP contribution in [0.25, 0.3) is 6.08 Å². The molecule has 3 aromatic carbocycles. The fourth-order valence-electron chi connectivity index (χ4n) is 4.64. The number of likely N-dealkylation sites (N-methyl/N-ethyl adjacent to an activating group) is 1. The van der Waals surface area contributed by atoms with Gasteiger partial charge < -0.3 is 21.1 Å². The first kappa shape index (κ1) is 31.7. The zero-order valence-electron chi connectivity index (χ0n) is 23.5. The number of morpholine rings is 1. The van der Waals surface area contributed by atoms with Crippen molar-refractivity contribution in [2.45, 2.75) is 12.2 Å². The van der Waals surface area contributed by atoms with Crippen molar-refractivity contribution in [1.82, 2.24) is 9.80 Å². The third-order valence-corrected chi connectivity index (χ3v) is 7.00. The molecule has 0 bridgehead atoms. The van der Waals surface area contributed by atoms with Crippen molar-refractivity contribution in [3.63, 3.8) is 0 Å².